The molecule has 2 N–H and O–H groups in total. The van der Waals surface area contributed by atoms with Crippen LogP contribution >= 0.6 is 0 Å². The Morgan fingerprint density at radius 2 is 1.96 bits per heavy atom. The van der Waals surface area contributed by atoms with Crippen molar-refractivity contribution in [1.82, 2.24) is 15.0 Å². The highest BCUT2D eigenvalue weighted by molar-refractivity contribution is 5.90. The Bertz CT molecular complexity index is 1210. The van der Waals surface area contributed by atoms with Crippen LogP contribution in [0.4, 0.5) is 11.4 Å². The molecule has 4 rings (SSSR count). The fraction of sp³-hybridized carbons (Fsp3) is 0.0870. The number of aromatic nitrogens is 3. The van der Waals surface area contributed by atoms with Crippen LogP contribution in [0.5, 0.6) is 0 Å². The SMILES string of the molecule is Cc1ncc(C#N)c(Nc2ccc3[nH]ccc3c2C)c1/C=C/c1ccccn1. The number of anilines is 2. The van der Waals surface area contributed by atoms with Crippen LogP contribution in [0.2, 0.25) is 0 Å². The van der Waals surface area contributed by atoms with Gasteiger partial charge in [0, 0.05) is 46.4 Å². The van der Waals surface area contributed by atoms with Crippen molar-refractivity contribution in [3.63, 3.8) is 0 Å². The summed E-state index contributed by atoms with van der Waals surface area (Å²) in [4.78, 5) is 11.9. The lowest BCUT2D eigenvalue weighted by Crippen LogP contribution is -2.02. The molecule has 28 heavy (non-hydrogen) atoms. The minimum atomic E-state index is 0.500. The normalized spacial score (nSPS) is 11.0. The molecule has 3 heterocycles. The van der Waals surface area contributed by atoms with Crippen molar-refractivity contribution in [3.8, 4) is 6.07 Å². The van der Waals surface area contributed by atoms with E-state index in [0.717, 1.165) is 44.8 Å². The maximum atomic E-state index is 9.63. The van der Waals surface area contributed by atoms with E-state index in [1.807, 2.05) is 55.6 Å². The predicted octanol–water partition coefficient (Wildman–Crippen LogP) is 5.36. The van der Waals surface area contributed by atoms with Gasteiger partial charge in [0.2, 0.25) is 0 Å². The number of hydrogen-bond acceptors (Lipinski definition) is 4. The number of nitrogens with one attached hydrogen (secondary N) is 2. The molecule has 0 bridgehead atoms. The van der Waals surface area contributed by atoms with Crippen LogP contribution in [0.15, 0.2) is 55.0 Å². The van der Waals surface area contributed by atoms with E-state index in [9.17, 15) is 5.26 Å². The number of benzene rings is 1. The number of aryl methyl sites for hydroxylation is 2. The van der Waals surface area contributed by atoms with Gasteiger partial charge in [0.05, 0.1) is 16.9 Å². The van der Waals surface area contributed by atoms with Gasteiger partial charge in [0.1, 0.15) is 6.07 Å². The summed E-state index contributed by atoms with van der Waals surface area (Å²) in [5, 5.41) is 14.3. The molecule has 0 atom stereocenters. The number of fused-ring (bicyclic) bond motifs is 1. The first-order valence-corrected chi connectivity index (χ1v) is 9.00. The average molecular weight is 365 g/mol. The molecule has 0 saturated heterocycles. The quantitative estimate of drug-likeness (QED) is 0.510. The number of hydrogen-bond donors (Lipinski definition) is 2. The summed E-state index contributed by atoms with van der Waals surface area (Å²) in [6.45, 7) is 4.01. The first-order valence-electron chi connectivity index (χ1n) is 9.00. The zero-order valence-electron chi connectivity index (χ0n) is 15.7. The van der Waals surface area contributed by atoms with Crippen LogP contribution in [-0.2, 0) is 0 Å². The summed E-state index contributed by atoms with van der Waals surface area (Å²) in [7, 11) is 0. The molecule has 4 aromatic rings. The Balaban J connectivity index is 1.80. The Kier molecular flexibility index (Phi) is 4.61. The average Bonchev–Trinajstić information content (AvgIpc) is 3.20. The van der Waals surface area contributed by atoms with Gasteiger partial charge < -0.3 is 10.3 Å². The van der Waals surface area contributed by atoms with E-state index >= 15 is 0 Å². The molecule has 136 valence electrons. The molecule has 0 aliphatic rings. The number of rotatable bonds is 4. The third-order valence-corrected chi connectivity index (χ3v) is 4.81. The smallest absolute Gasteiger partial charge is 0.103 e. The van der Waals surface area contributed by atoms with Gasteiger partial charge in [-0.15, -0.1) is 0 Å². The number of nitriles is 1. The molecule has 0 aliphatic carbocycles. The van der Waals surface area contributed by atoms with Crippen LogP contribution in [0, 0.1) is 25.2 Å². The van der Waals surface area contributed by atoms with Crippen molar-refractivity contribution >= 4 is 34.4 Å². The second-order valence-corrected chi connectivity index (χ2v) is 6.55. The Labute approximate surface area is 163 Å². The highest BCUT2D eigenvalue weighted by atomic mass is 14.9. The van der Waals surface area contributed by atoms with Crippen molar-refractivity contribution in [2.75, 3.05) is 5.32 Å². The van der Waals surface area contributed by atoms with Crippen LogP contribution in [0.1, 0.15) is 28.1 Å². The minimum Gasteiger partial charge on any atom is -0.361 e. The molecule has 0 amide bonds. The molecule has 5 heteroatoms. The van der Waals surface area contributed by atoms with E-state index in [0.29, 0.717) is 5.56 Å². The first kappa shape index (κ1) is 17.5. The molecule has 5 nitrogen and oxygen atoms in total. The molecule has 0 unspecified atom stereocenters. The third-order valence-electron chi connectivity index (χ3n) is 4.81. The molecule has 3 aromatic heterocycles. The van der Waals surface area contributed by atoms with Gasteiger partial charge in [-0.2, -0.15) is 5.26 Å². The number of H-pyrrole nitrogens is 1. The van der Waals surface area contributed by atoms with Crippen LogP contribution in [-0.4, -0.2) is 15.0 Å². The second kappa shape index (κ2) is 7.37. The summed E-state index contributed by atoms with van der Waals surface area (Å²) >= 11 is 0. The molecule has 0 saturated carbocycles. The van der Waals surface area contributed by atoms with Gasteiger partial charge in [-0.25, -0.2) is 0 Å². The Morgan fingerprint density at radius 3 is 2.75 bits per heavy atom. The predicted molar refractivity (Wildman–Crippen MR) is 113 cm³/mol. The third kappa shape index (κ3) is 3.24. The van der Waals surface area contributed by atoms with E-state index in [2.05, 4.69) is 39.3 Å². The summed E-state index contributed by atoms with van der Waals surface area (Å²) in [5.41, 5.74) is 6.98. The molecule has 1 aromatic carbocycles. The van der Waals surface area contributed by atoms with Gasteiger partial charge in [0.15, 0.2) is 0 Å². The molecule has 0 spiro atoms. The maximum Gasteiger partial charge on any atom is 0.103 e. The molecule has 0 fully saturated rings. The molecular formula is C23H19N5. The van der Waals surface area contributed by atoms with E-state index in [4.69, 9.17) is 0 Å². The maximum absolute atomic E-state index is 9.63. The van der Waals surface area contributed by atoms with Gasteiger partial charge in [0.25, 0.3) is 0 Å². The molecule has 0 radical (unpaired) electrons. The van der Waals surface area contributed by atoms with Gasteiger partial charge in [-0.3, -0.25) is 9.97 Å². The standard InChI is InChI=1S/C23H19N5/c1-15-19-10-12-26-22(19)9-8-21(15)28-23-17(13-24)14-27-16(2)20(23)7-6-18-5-3-4-11-25-18/h3-12,14,26H,1-2H3,(H,27,28)/b7-6+. The Morgan fingerprint density at radius 1 is 1.07 bits per heavy atom. The summed E-state index contributed by atoms with van der Waals surface area (Å²) in [6, 6.07) is 14.1. The fourth-order valence-electron chi connectivity index (χ4n) is 3.24. The van der Waals surface area contributed by atoms with Crippen molar-refractivity contribution < 1.29 is 0 Å². The van der Waals surface area contributed by atoms with Gasteiger partial charge >= 0.3 is 0 Å². The number of aromatic amines is 1. The van der Waals surface area contributed by atoms with E-state index in [1.165, 1.54) is 0 Å². The number of pyridine rings is 2. The second-order valence-electron chi connectivity index (χ2n) is 6.55. The lowest BCUT2D eigenvalue weighted by molar-refractivity contribution is 1.18. The van der Waals surface area contributed by atoms with E-state index in [-0.39, 0.29) is 0 Å². The van der Waals surface area contributed by atoms with Crippen molar-refractivity contribution in [2.45, 2.75) is 13.8 Å². The van der Waals surface area contributed by atoms with Crippen molar-refractivity contribution in [1.29, 1.82) is 5.26 Å². The summed E-state index contributed by atoms with van der Waals surface area (Å²) in [5.74, 6) is 0. The summed E-state index contributed by atoms with van der Waals surface area (Å²) < 4.78 is 0. The van der Waals surface area contributed by atoms with Gasteiger partial charge in [-0.1, -0.05) is 6.07 Å². The lowest BCUT2D eigenvalue weighted by atomic mass is 10.0. The summed E-state index contributed by atoms with van der Waals surface area (Å²) in [6.07, 6.45) is 9.18. The van der Waals surface area contributed by atoms with Crippen LogP contribution in [0.3, 0.4) is 0 Å². The number of nitrogens with zero attached hydrogens (tertiary/aromatic N) is 3. The van der Waals surface area contributed by atoms with E-state index in [1.54, 1.807) is 12.4 Å². The van der Waals surface area contributed by atoms with Crippen LogP contribution < -0.4 is 5.32 Å². The lowest BCUT2D eigenvalue weighted by Gasteiger charge is -2.15. The highest BCUT2D eigenvalue weighted by Gasteiger charge is 2.13. The monoisotopic (exact) mass is 365 g/mol. The highest BCUT2D eigenvalue weighted by Crippen LogP contribution is 2.32. The molecule has 0 aliphatic heterocycles. The van der Waals surface area contributed by atoms with E-state index < -0.39 is 0 Å². The molecular weight excluding hydrogens is 346 g/mol. The van der Waals surface area contributed by atoms with Crippen molar-refractivity contribution in [3.05, 3.63) is 83.1 Å². The first-order chi connectivity index (χ1) is 13.7. The zero-order valence-corrected chi connectivity index (χ0v) is 15.7. The minimum absolute atomic E-state index is 0.500. The largest absolute Gasteiger partial charge is 0.361 e. The zero-order chi connectivity index (χ0) is 19.5. The van der Waals surface area contributed by atoms with Crippen molar-refractivity contribution in [2.24, 2.45) is 0 Å². The van der Waals surface area contributed by atoms with Crippen LogP contribution in [0.25, 0.3) is 23.1 Å². The Hall–Kier alpha value is -3.91. The fourth-order valence-corrected chi connectivity index (χ4v) is 3.24. The topological polar surface area (TPSA) is 77.4 Å². The van der Waals surface area contributed by atoms with Gasteiger partial charge in [-0.05, 0) is 61.9 Å².